The molecule has 1 aliphatic rings. The van der Waals surface area contributed by atoms with Crippen molar-refractivity contribution in [1.29, 1.82) is 0 Å². The summed E-state index contributed by atoms with van der Waals surface area (Å²) in [6.07, 6.45) is 6.74. The largest absolute Gasteiger partial charge is 0.359 e. The predicted molar refractivity (Wildman–Crippen MR) is 121 cm³/mol. The summed E-state index contributed by atoms with van der Waals surface area (Å²) < 4.78 is 25.7. The molecule has 4 rings (SSSR count). The minimum Gasteiger partial charge on any atom is -0.359 e. The van der Waals surface area contributed by atoms with E-state index in [9.17, 15) is 8.42 Å². The fourth-order valence-electron chi connectivity index (χ4n) is 3.94. The van der Waals surface area contributed by atoms with E-state index in [0.717, 1.165) is 54.6 Å². The SMILES string of the molecule is CCc1cnc(N[C@H]2CCCNC2)nc1-c1c[nH]c2c(S(=O)(=O)C(C)C)cccc12. The number of sulfone groups is 1. The molecule has 3 aromatic rings. The van der Waals surface area contributed by atoms with Gasteiger partial charge in [-0.25, -0.2) is 18.4 Å². The summed E-state index contributed by atoms with van der Waals surface area (Å²) in [5.41, 5.74) is 3.40. The molecule has 2 aromatic heterocycles. The highest BCUT2D eigenvalue weighted by atomic mass is 32.2. The van der Waals surface area contributed by atoms with Crippen molar-refractivity contribution in [2.24, 2.45) is 0 Å². The summed E-state index contributed by atoms with van der Waals surface area (Å²) >= 11 is 0. The molecule has 0 radical (unpaired) electrons. The highest BCUT2D eigenvalue weighted by molar-refractivity contribution is 7.92. The van der Waals surface area contributed by atoms with E-state index in [-0.39, 0.29) is 0 Å². The first-order valence-electron chi connectivity index (χ1n) is 10.6. The molecular formula is C22H29N5O2S. The van der Waals surface area contributed by atoms with Gasteiger partial charge < -0.3 is 15.6 Å². The van der Waals surface area contributed by atoms with Crippen LogP contribution >= 0.6 is 0 Å². The third-order valence-corrected chi connectivity index (χ3v) is 7.93. The molecule has 3 heterocycles. The first-order valence-corrected chi connectivity index (χ1v) is 12.1. The highest BCUT2D eigenvalue weighted by Crippen LogP contribution is 2.34. The van der Waals surface area contributed by atoms with Crippen molar-refractivity contribution < 1.29 is 8.42 Å². The lowest BCUT2D eigenvalue weighted by molar-refractivity contribution is 0.478. The van der Waals surface area contributed by atoms with Crippen molar-refractivity contribution in [3.8, 4) is 11.3 Å². The molecular weight excluding hydrogens is 398 g/mol. The number of aryl methyl sites for hydroxylation is 1. The summed E-state index contributed by atoms with van der Waals surface area (Å²) in [6.45, 7) is 7.43. The van der Waals surface area contributed by atoms with Gasteiger partial charge in [0.1, 0.15) is 0 Å². The molecule has 7 nitrogen and oxygen atoms in total. The number of nitrogens with zero attached hydrogens (tertiary/aromatic N) is 2. The van der Waals surface area contributed by atoms with Crippen LogP contribution in [0.4, 0.5) is 5.95 Å². The van der Waals surface area contributed by atoms with Crippen LogP contribution in [0.2, 0.25) is 0 Å². The number of fused-ring (bicyclic) bond motifs is 1. The zero-order valence-electron chi connectivity index (χ0n) is 17.7. The molecule has 0 aliphatic carbocycles. The average molecular weight is 428 g/mol. The average Bonchev–Trinajstić information content (AvgIpc) is 3.18. The van der Waals surface area contributed by atoms with Crippen molar-refractivity contribution in [3.63, 3.8) is 0 Å². The molecule has 0 saturated carbocycles. The summed E-state index contributed by atoms with van der Waals surface area (Å²) in [6, 6.07) is 5.72. The van der Waals surface area contributed by atoms with E-state index < -0.39 is 15.1 Å². The van der Waals surface area contributed by atoms with Crippen LogP contribution < -0.4 is 10.6 Å². The maximum atomic E-state index is 12.8. The maximum Gasteiger partial charge on any atom is 0.223 e. The lowest BCUT2D eigenvalue weighted by Crippen LogP contribution is -2.38. The van der Waals surface area contributed by atoms with E-state index in [1.54, 1.807) is 26.0 Å². The number of para-hydroxylation sites is 1. The standard InChI is InChI=1S/C22H29N5O2S/c1-4-15-11-25-22(26-16-7-6-10-23-12-16)27-20(15)18-13-24-21-17(18)8-5-9-19(21)30(28,29)14(2)3/h5,8-9,11,13-14,16,23-24H,4,6-7,10,12H2,1-3H3,(H,25,26,27)/t16-/m0/s1. The number of anilines is 1. The first kappa shape index (κ1) is 20.8. The fourth-order valence-corrected chi connectivity index (χ4v) is 5.17. The third kappa shape index (κ3) is 3.81. The molecule has 0 amide bonds. The van der Waals surface area contributed by atoms with Crippen LogP contribution in [0.3, 0.4) is 0 Å². The Morgan fingerprint density at radius 2 is 2.13 bits per heavy atom. The Labute approximate surface area is 177 Å². The first-order chi connectivity index (χ1) is 14.4. The van der Waals surface area contributed by atoms with Crippen molar-refractivity contribution in [2.75, 3.05) is 18.4 Å². The number of piperidine rings is 1. The molecule has 0 unspecified atom stereocenters. The smallest absolute Gasteiger partial charge is 0.223 e. The second-order valence-corrected chi connectivity index (χ2v) is 10.6. The fraction of sp³-hybridized carbons (Fsp3) is 0.455. The lowest BCUT2D eigenvalue weighted by Gasteiger charge is -2.24. The Bertz CT molecular complexity index is 1150. The van der Waals surface area contributed by atoms with E-state index in [1.807, 2.05) is 18.5 Å². The molecule has 1 atom stereocenters. The van der Waals surface area contributed by atoms with Gasteiger partial charge in [-0.3, -0.25) is 0 Å². The Morgan fingerprint density at radius 3 is 2.83 bits per heavy atom. The van der Waals surface area contributed by atoms with Crippen molar-refractivity contribution in [2.45, 2.75) is 56.2 Å². The van der Waals surface area contributed by atoms with Crippen LogP contribution in [0.15, 0.2) is 35.5 Å². The van der Waals surface area contributed by atoms with Gasteiger partial charge in [0.05, 0.1) is 21.4 Å². The van der Waals surface area contributed by atoms with Crippen molar-refractivity contribution in [1.82, 2.24) is 20.3 Å². The third-order valence-electron chi connectivity index (χ3n) is 5.74. The zero-order chi connectivity index (χ0) is 21.3. The molecule has 160 valence electrons. The molecule has 1 aromatic carbocycles. The number of aromatic amines is 1. The number of rotatable bonds is 6. The summed E-state index contributed by atoms with van der Waals surface area (Å²) in [4.78, 5) is 12.9. The highest BCUT2D eigenvalue weighted by Gasteiger charge is 2.24. The predicted octanol–water partition coefficient (Wildman–Crippen LogP) is 3.53. The number of H-pyrrole nitrogens is 1. The zero-order valence-corrected chi connectivity index (χ0v) is 18.5. The molecule has 0 bridgehead atoms. The molecule has 1 saturated heterocycles. The summed E-state index contributed by atoms with van der Waals surface area (Å²) in [7, 11) is -3.40. The van der Waals surface area contributed by atoms with E-state index in [2.05, 4.69) is 27.5 Å². The topological polar surface area (TPSA) is 99.8 Å². The summed E-state index contributed by atoms with van der Waals surface area (Å²) in [5, 5.41) is 7.21. The van der Waals surface area contributed by atoms with E-state index in [0.29, 0.717) is 22.4 Å². The quantitative estimate of drug-likeness (QED) is 0.556. The van der Waals surface area contributed by atoms with E-state index in [1.165, 1.54) is 0 Å². The number of aromatic nitrogens is 3. The number of benzene rings is 1. The molecule has 1 fully saturated rings. The minimum atomic E-state index is -3.40. The Hall–Kier alpha value is -2.45. The van der Waals surface area contributed by atoms with Gasteiger partial charge in [-0.2, -0.15) is 0 Å². The van der Waals surface area contributed by atoms with Crippen LogP contribution in [0.25, 0.3) is 22.2 Å². The Kier molecular flexibility index (Phi) is 5.79. The second kappa shape index (κ2) is 8.35. The van der Waals surface area contributed by atoms with Gasteiger partial charge in [-0.15, -0.1) is 0 Å². The Morgan fingerprint density at radius 1 is 1.30 bits per heavy atom. The monoisotopic (exact) mass is 427 g/mol. The maximum absolute atomic E-state index is 12.8. The molecule has 0 spiro atoms. The van der Waals surface area contributed by atoms with Crippen LogP contribution in [0, 0.1) is 0 Å². The van der Waals surface area contributed by atoms with E-state index in [4.69, 9.17) is 4.98 Å². The number of hydrogen-bond donors (Lipinski definition) is 3. The van der Waals surface area contributed by atoms with Gasteiger partial charge in [0.25, 0.3) is 0 Å². The van der Waals surface area contributed by atoms with Gasteiger partial charge in [0.2, 0.25) is 5.95 Å². The van der Waals surface area contributed by atoms with Gasteiger partial charge in [-0.1, -0.05) is 19.1 Å². The van der Waals surface area contributed by atoms with Gasteiger partial charge in [0.15, 0.2) is 9.84 Å². The van der Waals surface area contributed by atoms with Gasteiger partial charge in [0, 0.05) is 35.9 Å². The van der Waals surface area contributed by atoms with E-state index >= 15 is 0 Å². The number of nitrogens with one attached hydrogen (secondary N) is 3. The second-order valence-electron chi connectivity index (χ2n) is 8.08. The molecule has 3 N–H and O–H groups in total. The van der Waals surface area contributed by atoms with Crippen LogP contribution in [-0.4, -0.2) is 47.8 Å². The molecule has 30 heavy (non-hydrogen) atoms. The number of hydrogen-bond acceptors (Lipinski definition) is 6. The molecule has 1 aliphatic heterocycles. The van der Waals surface area contributed by atoms with Crippen molar-refractivity contribution in [3.05, 3.63) is 36.2 Å². The Balaban J connectivity index is 1.79. The van der Waals surface area contributed by atoms with Crippen molar-refractivity contribution >= 4 is 26.7 Å². The lowest BCUT2D eigenvalue weighted by atomic mass is 10.0. The van der Waals surface area contributed by atoms with Gasteiger partial charge >= 0.3 is 0 Å². The van der Waals surface area contributed by atoms with Crippen LogP contribution in [0.1, 0.15) is 39.2 Å². The summed E-state index contributed by atoms with van der Waals surface area (Å²) in [5.74, 6) is 0.608. The molecule has 8 heteroatoms. The minimum absolute atomic E-state index is 0.310. The van der Waals surface area contributed by atoms with Crippen LogP contribution in [-0.2, 0) is 16.3 Å². The van der Waals surface area contributed by atoms with Crippen LogP contribution in [0.5, 0.6) is 0 Å². The van der Waals surface area contributed by atoms with Gasteiger partial charge in [-0.05, 0) is 51.3 Å². The normalized spacial score (nSPS) is 17.5.